The second-order valence-corrected chi connectivity index (χ2v) is 9.83. The van der Waals surface area contributed by atoms with E-state index in [0.29, 0.717) is 13.0 Å². The molecule has 2 N–H and O–H groups in total. The molecule has 2 atom stereocenters. The second kappa shape index (κ2) is 12.1. The van der Waals surface area contributed by atoms with Crippen molar-refractivity contribution in [1.82, 2.24) is 0 Å². The minimum absolute atomic E-state index is 0.0841. The lowest BCUT2D eigenvalue weighted by atomic mass is 10.1. The first-order chi connectivity index (χ1) is 10.7. The average molecular weight is 365 g/mol. The Morgan fingerprint density at radius 1 is 1.22 bits per heavy atom. The molecule has 0 radical (unpaired) electrons. The first kappa shape index (κ1) is 22.7. The zero-order chi connectivity index (χ0) is 17.9. The van der Waals surface area contributed by atoms with Gasteiger partial charge in [-0.1, -0.05) is 27.9 Å². The van der Waals surface area contributed by atoms with E-state index in [1.165, 1.54) is 11.1 Å². The van der Waals surface area contributed by atoms with E-state index >= 15 is 0 Å². The van der Waals surface area contributed by atoms with Crippen molar-refractivity contribution in [3.8, 4) is 0 Å². The molecule has 134 valence electrons. The Bertz CT molecular complexity index is 461. The van der Waals surface area contributed by atoms with Crippen LogP contribution in [0, 0.1) is 0 Å². The van der Waals surface area contributed by atoms with E-state index in [9.17, 15) is 18.9 Å². The van der Waals surface area contributed by atoms with Crippen LogP contribution in [-0.2, 0) is 13.9 Å². The Kier molecular flexibility index (Phi) is 11.9. The van der Waals surface area contributed by atoms with Gasteiger partial charge in [0.25, 0.3) is 5.40 Å². The molecule has 0 heterocycles. The van der Waals surface area contributed by atoms with E-state index in [4.69, 9.17) is 4.74 Å². The number of hydrogen-bond acceptors (Lipinski definition) is 3. The van der Waals surface area contributed by atoms with Gasteiger partial charge in [0.05, 0.1) is 0 Å². The van der Waals surface area contributed by atoms with Gasteiger partial charge in [-0.3, -0.25) is 4.57 Å². The third kappa shape index (κ3) is 11.8. The maximum atomic E-state index is 12.0. The lowest BCUT2D eigenvalue weighted by molar-refractivity contribution is 0.193. The van der Waals surface area contributed by atoms with Gasteiger partial charge in [0.1, 0.15) is 0 Å². The van der Waals surface area contributed by atoms with Crippen LogP contribution in [0.25, 0.3) is 0 Å². The van der Waals surface area contributed by atoms with Crippen molar-refractivity contribution < 1.29 is 23.7 Å². The molecule has 0 saturated carbocycles. The minimum Gasteiger partial charge on any atom is -0.338 e. The summed E-state index contributed by atoms with van der Waals surface area (Å²) in [4.78, 5) is 18.7. The summed E-state index contributed by atoms with van der Waals surface area (Å²) in [5.41, 5.74) is 2.58. The molecule has 0 aliphatic rings. The highest BCUT2D eigenvalue weighted by Crippen LogP contribution is 2.55. The van der Waals surface area contributed by atoms with Crippen molar-refractivity contribution in [1.29, 1.82) is 0 Å². The van der Waals surface area contributed by atoms with E-state index in [0.717, 1.165) is 19.3 Å². The van der Waals surface area contributed by atoms with Crippen LogP contribution in [-0.4, -0.2) is 28.1 Å². The molecule has 0 spiro atoms. The Morgan fingerprint density at radius 3 is 2.39 bits per heavy atom. The summed E-state index contributed by atoms with van der Waals surface area (Å²) in [6.07, 6.45) is 7.83. The molecule has 0 aromatic carbocycles. The molecular weight excluding hydrogens is 334 g/mol. The van der Waals surface area contributed by atoms with Crippen LogP contribution in [0.15, 0.2) is 23.3 Å². The lowest BCUT2D eigenvalue weighted by Gasteiger charge is -2.09. The highest BCUT2D eigenvalue weighted by atomic mass is 31.2. The fourth-order valence-electron chi connectivity index (χ4n) is 2.09. The molecule has 0 fully saturated rings. The van der Waals surface area contributed by atoms with Crippen LogP contribution in [0.3, 0.4) is 0 Å². The van der Waals surface area contributed by atoms with Crippen LogP contribution in [0.2, 0.25) is 0 Å². The largest absolute Gasteiger partial charge is 0.382 e. The predicted molar refractivity (Wildman–Crippen MR) is 96.2 cm³/mol. The van der Waals surface area contributed by atoms with E-state index in [2.05, 4.69) is 32.9 Å². The summed E-state index contributed by atoms with van der Waals surface area (Å²) >= 11 is 0. The highest BCUT2D eigenvalue weighted by molar-refractivity contribution is 7.67. The molecule has 2 unspecified atom stereocenters. The first-order valence-corrected chi connectivity index (χ1v) is 11.2. The molecule has 0 aliphatic carbocycles. The van der Waals surface area contributed by atoms with E-state index < -0.39 is 20.8 Å². The van der Waals surface area contributed by atoms with Crippen LogP contribution in [0.1, 0.15) is 59.8 Å². The van der Waals surface area contributed by atoms with Crippen molar-refractivity contribution in [3.05, 3.63) is 23.3 Å². The summed E-state index contributed by atoms with van der Waals surface area (Å²) in [6, 6.07) is 0. The Labute approximate surface area is 141 Å². The Morgan fingerprint density at radius 2 is 1.87 bits per heavy atom. The monoisotopic (exact) mass is 365 g/mol. The van der Waals surface area contributed by atoms with Gasteiger partial charge in [-0.15, -0.1) is 0 Å². The van der Waals surface area contributed by atoms with Gasteiger partial charge in [-0.05, 0) is 53.4 Å². The van der Waals surface area contributed by atoms with E-state index in [-0.39, 0.29) is 12.8 Å². The smallest absolute Gasteiger partial charge is 0.338 e. The van der Waals surface area contributed by atoms with Crippen molar-refractivity contribution in [2.24, 2.45) is 0 Å². The topological polar surface area (TPSA) is 83.8 Å². The Hall–Kier alpha value is -0.310. The minimum atomic E-state index is -4.36. The summed E-state index contributed by atoms with van der Waals surface area (Å²) in [6.45, 7) is 8.37. The molecule has 0 rings (SSSR count). The molecule has 7 heteroatoms. The van der Waals surface area contributed by atoms with E-state index in [1.807, 2.05) is 0 Å². The molecule has 0 saturated heterocycles. The summed E-state index contributed by atoms with van der Waals surface area (Å²) in [7, 11) is -6.41. The maximum Gasteiger partial charge on any atom is 0.382 e. The third-order valence-electron chi connectivity index (χ3n) is 3.39. The summed E-state index contributed by atoms with van der Waals surface area (Å²) in [5.74, 6) is 0. The lowest BCUT2D eigenvalue weighted by Crippen LogP contribution is -2.06. The summed E-state index contributed by atoms with van der Waals surface area (Å²) < 4.78 is 28.5. The molecule has 5 nitrogen and oxygen atoms in total. The molecular formula is C16H31O5P2+. The standard InChI is InChI=1S/C16H30O5P2/c1-5-21-13-22(17)16(23(18,19)20)12-7-6-10-15(4)11-8-9-14(2)3/h9-10,16H,5-8,11-13H2,1-4H3,(H-,18,19,20)/p+1. The SMILES string of the molecule is CCOC[P+](=O)C(CCCC=C(C)CCC=C(C)C)P(=O)(O)O. The van der Waals surface area contributed by atoms with Crippen molar-refractivity contribution in [2.45, 2.75) is 65.2 Å². The third-order valence-corrected chi connectivity index (χ3v) is 7.46. The quantitative estimate of drug-likeness (QED) is 0.283. The molecule has 0 bridgehead atoms. The van der Waals surface area contributed by atoms with Crippen LogP contribution in [0.5, 0.6) is 0 Å². The van der Waals surface area contributed by atoms with Crippen molar-refractivity contribution in [2.75, 3.05) is 13.0 Å². The van der Waals surface area contributed by atoms with Gasteiger partial charge in [0, 0.05) is 13.0 Å². The fourth-order valence-corrected chi connectivity index (χ4v) is 5.15. The highest BCUT2D eigenvalue weighted by Gasteiger charge is 2.44. The number of allylic oxidation sites excluding steroid dienone is 4. The normalized spacial score (nSPS) is 14.5. The first-order valence-electron chi connectivity index (χ1n) is 8.04. The second-order valence-electron chi connectivity index (χ2n) is 5.91. The van der Waals surface area contributed by atoms with Crippen LogP contribution in [0.4, 0.5) is 0 Å². The zero-order valence-electron chi connectivity index (χ0n) is 14.7. The number of hydrogen-bond donors (Lipinski definition) is 2. The molecule has 0 aliphatic heterocycles. The fraction of sp³-hybridized carbons (Fsp3) is 0.750. The number of rotatable bonds is 12. The molecule has 0 aromatic rings. The van der Waals surface area contributed by atoms with Gasteiger partial charge in [-0.2, -0.15) is 0 Å². The zero-order valence-corrected chi connectivity index (χ0v) is 16.5. The number of unbranched alkanes of at least 4 members (excludes halogenated alkanes) is 1. The maximum absolute atomic E-state index is 12.0. The molecule has 0 amide bonds. The van der Waals surface area contributed by atoms with Crippen molar-refractivity contribution in [3.63, 3.8) is 0 Å². The van der Waals surface area contributed by atoms with Gasteiger partial charge in [-0.25, -0.2) is 0 Å². The Balaban J connectivity index is 4.34. The molecule has 23 heavy (non-hydrogen) atoms. The van der Waals surface area contributed by atoms with Gasteiger partial charge >= 0.3 is 15.4 Å². The average Bonchev–Trinajstić information content (AvgIpc) is 2.42. The predicted octanol–water partition coefficient (Wildman–Crippen LogP) is 5.17. The van der Waals surface area contributed by atoms with Crippen LogP contribution < -0.4 is 0 Å². The van der Waals surface area contributed by atoms with Gasteiger partial charge < -0.3 is 14.5 Å². The molecule has 0 aromatic heterocycles. The van der Waals surface area contributed by atoms with Crippen LogP contribution >= 0.6 is 15.4 Å². The van der Waals surface area contributed by atoms with Crippen molar-refractivity contribution >= 4 is 15.4 Å². The summed E-state index contributed by atoms with van der Waals surface area (Å²) in [5, 5.41) is -1.09. The number of ether oxygens (including phenoxy) is 1. The van der Waals surface area contributed by atoms with E-state index in [1.54, 1.807) is 6.92 Å². The van der Waals surface area contributed by atoms with Gasteiger partial charge in [0.2, 0.25) is 6.35 Å². The van der Waals surface area contributed by atoms with Gasteiger partial charge in [0.15, 0.2) is 0 Å².